The summed E-state index contributed by atoms with van der Waals surface area (Å²) in [6.45, 7) is 6.02. The summed E-state index contributed by atoms with van der Waals surface area (Å²) in [6, 6.07) is 0. The van der Waals surface area contributed by atoms with E-state index in [-0.39, 0.29) is 6.61 Å². The van der Waals surface area contributed by atoms with Crippen LogP contribution in [0.3, 0.4) is 0 Å². The highest BCUT2D eigenvalue weighted by atomic mass is 16.8. The summed E-state index contributed by atoms with van der Waals surface area (Å²) in [5.74, 6) is 0. The van der Waals surface area contributed by atoms with Crippen molar-refractivity contribution < 1.29 is 19.0 Å². The van der Waals surface area contributed by atoms with Crippen LogP contribution in [-0.2, 0) is 14.2 Å². The average molecular weight is 158 g/mol. The Balaban J connectivity index is 2.18. The van der Waals surface area contributed by atoms with Crippen molar-refractivity contribution in [2.24, 2.45) is 0 Å². The van der Waals surface area contributed by atoms with Gasteiger partial charge in [0.05, 0.1) is 6.61 Å². The fourth-order valence-corrected chi connectivity index (χ4v) is 0.629. The van der Waals surface area contributed by atoms with E-state index in [0.29, 0.717) is 6.61 Å². The van der Waals surface area contributed by atoms with Gasteiger partial charge >= 0.3 is 6.16 Å². The van der Waals surface area contributed by atoms with E-state index in [2.05, 4.69) is 16.1 Å². The van der Waals surface area contributed by atoms with Gasteiger partial charge in [0.15, 0.2) is 6.61 Å². The molecule has 0 N–H and O–H groups in total. The Kier molecular flexibility index (Phi) is 2.48. The molecule has 0 amide bonds. The van der Waals surface area contributed by atoms with Crippen LogP contribution in [0.5, 0.6) is 0 Å². The molecule has 1 saturated heterocycles. The number of hydrogen-bond acceptors (Lipinski definition) is 4. The minimum atomic E-state index is -0.670. The van der Waals surface area contributed by atoms with Gasteiger partial charge in [0.25, 0.3) is 0 Å². The van der Waals surface area contributed by atoms with Gasteiger partial charge in [-0.2, -0.15) is 0 Å². The molecule has 0 spiro atoms. The Morgan fingerprint density at radius 1 is 1.91 bits per heavy atom. The third-order valence-corrected chi connectivity index (χ3v) is 1.08. The number of rotatable bonds is 3. The molecule has 0 aromatic carbocycles. The van der Waals surface area contributed by atoms with Crippen LogP contribution in [0.4, 0.5) is 4.79 Å². The zero-order valence-corrected chi connectivity index (χ0v) is 6.33. The molecule has 0 bridgehead atoms. The SMILES string of the molecule is C=C(C)COC1COC(=O)O1. The lowest BCUT2D eigenvalue weighted by Crippen LogP contribution is -2.15. The maximum atomic E-state index is 10.4. The van der Waals surface area contributed by atoms with Crippen LogP contribution in [0.25, 0.3) is 0 Å². The molecule has 62 valence electrons. The minimum Gasteiger partial charge on any atom is -0.428 e. The Labute approximate surface area is 64.7 Å². The Morgan fingerprint density at radius 3 is 3.09 bits per heavy atom. The van der Waals surface area contributed by atoms with Crippen LogP contribution < -0.4 is 0 Å². The Morgan fingerprint density at radius 2 is 2.64 bits per heavy atom. The molecule has 1 rings (SSSR count). The largest absolute Gasteiger partial charge is 0.510 e. The van der Waals surface area contributed by atoms with Gasteiger partial charge in [-0.15, -0.1) is 0 Å². The zero-order chi connectivity index (χ0) is 8.27. The van der Waals surface area contributed by atoms with Gasteiger partial charge in [0, 0.05) is 0 Å². The molecule has 1 aliphatic rings. The maximum absolute atomic E-state index is 10.4. The van der Waals surface area contributed by atoms with Gasteiger partial charge in [-0.25, -0.2) is 4.79 Å². The quantitative estimate of drug-likeness (QED) is 0.455. The van der Waals surface area contributed by atoms with Crippen molar-refractivity contribution in [2.75, 3.05) is 13.2 Å². The van der Waals surface area contributed by atoms with Gasteiger partial charge in [-0.3, -0.25) is 0 Å². The fraction of sp³-hybridized carbons (Fsp3) is 0.571. The van der Waals surface area contributed by atoms with Crippen LogP contribution in [0.2, 0.25) is 0 Å². The van der Waals surface area contributed by atoms with Gasteiger partial charge < -0.3 is 14.2 Å². The Bertz CT molecular complexity index is 175. The van der Waals surface area contributed by atoms with E-state index < -0.39 is 12.4 Å². The van der Waals surface area contributed by atoms with Crippen LogP contribution in [0, 0.1) is 0 Å². The fourth-order valence-electron chi connectivity index (χ4n) is 0.629. The van der Waals surface area contributed by atoms with E-state index >= 15 is 0 Å². The second-order valence-corrected chi connectivity index (χ2v) is 2.38. The minimum absolute atomic E-state index is 0.173. The van der Waals surface area contributed by atoms with Gasteiger partial charge in [0.1, 0.15) is 0 Å². The number of carbonyl (C=O) groups excluding carboxylic acids is 1. The normalized spacial score (nSPS) is 22.6. The van der Waals surface area contributed by atoms with E-state index in [9.17, 15) is 4.79 Å². The standard InChI is InChI=1S/C7H10O4/c1-5(2)3-9-6-4-10-7(8)11-6/h6H,1,3-4H2,2H3. The first-order chi connectivity index (χ1) is 5.18. The lowest BCUT2D eigenvalue weighted by atomic mass is 10.4. The molecule has 4 heteroatoms. The summed E-state index contributed by atoms with van der Waals surface area (Å²) in [5.41, 5.74) is 0.882. The third-order valence-electron chi connectivity index (χ3n) is 1.08. The summed E-state index contributed by atoms with van der Waals surface area (Å²) in [6.07, 6.45) is -1.23. The lowest BCUT2D eigenvalue weighted by molar-refractivity contribution is -0.0683. The summed E-state index contributed by atoms with van der Waals surface area (Å²) in [5, 5.41) is 0. The summed E-state index contributed by atoms with van der Waals surface area (Å²) < 4.78 is 14.1. The highest BCUT2D eigenvalue weighted by Gasteiger charge is 2.25. The monoisotopic (exact) mass is 158 g/mol. The van der Waals surface area contributed by atoms with Crippen molar-refractivity contribution in [2.45, 2.75) is 13.2 Å². The van der Waals surface area contributed by atoms with Gasteiger partial charge in [-0.05, 0) is 6.92 Å². The van der Waals surface area contributed by atoms with Crippen molar-refractivity contribution in [1.82, 2.24) is 0 Å². The number of ether oxygens (including phenoxy) is 3. The summed E-state index contributed by atoms with van der Waals surface area (Å²) >= 11 is 0. The maximum Gasteiger partial charge on any atom is 0.510 e. The molecule has 0 aromatic rings. The number of carbonyl (C=O) groups is 1. The molecule has 1 heterocycles. The van der Waals surface area contributed by atoms with E-state index in [1.807, 2.05) is 6.92 Å². The van der Waals surface area contributed by atoms with E-state index in [0.717, 1.165) is 5.57 Å². The molecule has 1 fully saturated rings. The molecule has 0 radical (unpaired) electrons. The zero-order valence-electron chi connectivity index (χ0n) is 6.33. The van der Waals surface area contributed by atoms with Crippen molar-refractivity contribution in [3.05, 3.63) is 12.2 Å². The van der Waals surface area contributed by atoms with E-state index in [1.165, 1.54) is 0 Å². The highest BCUT2D eigenvalue weighted by Crippen LogP contribution is 2.07. The van der Waals surface area contributed by atoms with Crippen molar-refractivity contribution in [1.29, 1.82) is 0 Å². The molecule has 0 saturated carbocycles. The molecule has 1 atom stereocenters. The molecule has 4 nitrogen and oxygen atoms in total. The molecule has 11 heavy (non-hydrogen) atoms. The molecule has 1 aliphatic heterocycles. The molecular weight excluding hydrogens is 148 g/mol. The predicted molar refractivity (Wildman–Crippen MR) is 37.0 cm³/mol. The van der Waals surface area contributed by atoms with Crippen molar-refractivity contribution in [3.8, 4) is 0 Å². The molecule has 0 aromatic heterocycles. The summed E-state index contributed by atoms with van der Waals surface area (Å²) in [7, 11) is 0. The first-order valence-electron chi connectivity index (χ1n) is 3.28. The summed E-state index contributed by atoms with van der Waals surface area (Å²) in [4.78, 5) is 10.4. The highest BCUT2D eigenvalue weighted by molar-refractivity contribution is 5.61. The van der Waals surface area contributed by atoms with E-state index in [4.69, 9.17) is 4.74 Å². The second kappa shape index (κ2) is 3.39. The first kappa shape index (κ1) is 8.07. The molecular formula is C7H10O4. The Hall–Kier alpha value is -1.03. The predicted octanol–water partition coefficient (Wildman–Crippen LogP) is 1.07. The first-order valence-corrected chi connectivity index (χ1v) is 3.28. The molecule has 1 unspecified atom stereocenters. The number of cyclic esters (lactones) is 2. The lowest BCUT2D eigenvalue weighted by Gasteiger charge is -2.06. The van der Waals surface area contributed by atoms with Crippen molar-refractivity contribution >= 4 is 6.16 Å². The molecule has 0 aliphatic carbocycles. The van der Waals surface area contributed by atoms with Crippen LogP contribution in [0.1, 0.15) is 6.92 Å². The smallest absolute Gasteiger partial charge is 0.428 e. The topological polar surface area (TPSA) is 44.8 Å². The van der Waals surface area contributed by atoms with Gasteiger partial charge in [-0.1, -0.05) is 12.2 Å². The number of hydrogen-bond donors (Lipinski definition) is 0. The van der Waals surface area contributed by atoms with Crippen molar-refractivity contribution in [3.63, 3.8) is 0 Å². The van der Waals surface area contributed by atoms with Gasteiger partial charge in [0.2, 0.25) is 6.29 Å². The van der Waals surface area contributed by atoms with Crippen LogP contribution in [-0.4, -0.2) is 25.7 Å². The third kappa shape index (κ3) is 2.59. The van der Waals surface area contributed by atoms with E-state index in [1.54, 1.807) is 0 Å². The average Bonchev–Trinajstić information content (AvgIpc) is 2.31. The van der Waals surface area contributed by atoms with Crippen LogP contribution >= 0.6 is 0 Å². The second-order valence-electron chi connectivity index (χ2n) is 2.38. The van der Waals surface area contributed by atoms with Crippen LogP contribution in [0.15, 0.2) is 12.2 Å².